The number of carbonyl (C=O) groups is 2. The number of nitrogens with one attached hydrogen (secondary N) is 1. The summed E-state index contributed by atoms with van der Waals surface area (Å²) < 4.78 is 26.0. The summed E-state index contributed by atoms with van der Waals surface area (Å²) in [5.41, 5.74) is -0.198. The molecule has 0 saturated heterocycles. The average molecular weight is 284 g/mol. The van der Waals surface area contributed by atoms with Gasteiger partial charge in [0.15, 0.2) is 0 Å². The summed E-state index contributed by atoms with van der Waals surface area (Å²) in [4.78, 5) is 25.8. The zero-order valence-electron chi connectivity index (χ0n) is 9.18. The van der Waals surface area contributed by atoms with E-state index in [9.17, 15) is 18.4 Å². The van der Waals surface area contributed by atoms with Crippen LogP contribution in [0.4, 0.5) is 14.5 Å². The van der Waals surface area contributed by atoms with Gasteiger partial charge in [0.05, 0.1) is 11.9 Å². The molecule has 2 aromatic rings. The van der Waals surface area contributed by atoms with Gasteiger partial charge < -0.3 is 10.4 Å². The molecule has 0 bridgehead atoms. The number of aromatic carboxylic acids is 1. The van der Waals surface area contributed by atoms with E-state index in [0.29, 0.717) is 17.4 Å². The van der Waals surface area contributed by atoms with Crippen LogP contribution in [0.15, 0.2) is 24.4 Å². The Kier molecular flexibility index (Phi) is 3.52. The third-order valence-electron chi connectivity index (χ3n) is 2.09. The van der Waals surface area contributed by atoms with E-state index in [1.807, 2.05) is 0 Å². The maximum atomic E-state index is 13.3. The number of carboxylic acid groups (broad SMARTS) is 1. The monoisotopic (exact) mass is 284 g/mol. The molecule has 5 nitrogen and oxygen atoms in total. The molecule has 0 aliphatic carbocycles. The number of aromatic nitrogens is 1. The van der Waals surface area contributed by atoms with E-state index in [1.54, 1.807) is 0 Å². The van der Waals surface area contributed by atoms with Gasteiger partial charge in [-0.15, -0.1) is 11.3 Å². The summed E-state index contributed by atoms with van der Waals surface area (Å²) in [5.74, 6) is -3.65. The van der Waals surface area contributed by atoms with Crippen molar-refractivity contribution in [2.24, 2.45) is 0 Å². The minimum Gasteiger partial charge on any atom is -0.476 e. The van der Waals surface area contributed by atoms with E-state index >= 15 is 0 Å². The number of benzene rings is 1. The van der Waals surface area contributed by atoms with Crippen molar-refractivity contribution in [1.82, 2.24) is 4.98 Å². The van der Waals surface area contributed by atoms with Gasteiger partial charge in [0.1, 0.15) is 16.5 Å². The van der Waals surface area contributed by atoms with Crippen LogP contribution in [0.1, 0.15) is 19.5 Å². The Balaban J connectivity index is 2.18. The number of halogens is 2. The summed E-state index contributed by atoms with van der Waals surface area (Å²) in [7, 11) is 0. The van der Waals surface area contributed by atoms with Gasteiger partial charge in [-0.3, -0.25) is 4.79 Å². The predicted molar refractivity (Wildman–Crippen MR) is 63.4 cm³/mol. The molecule has 0 aliphatic heterocycles. The molecule has 0 unspecified atom stereocenters. The third kappa shape index (κ3) is 2.91. The minimum atomic E-state index is -1.25. The zero-order valence-corrected chi connectivity index (χ0v) is 10.0. The number of hydrogen-bond donors (Lipinski definition) is 2. The molecule has 2 rings (SSSR count). The molecule has 8 heteroatoms. The number of nitrogens with zero attached hydrogens (tertiary/aromatic N) is 1. The van der Waals surface area contributed by atoms with Crippen molar-refractivity contribution >= 4 is 28.9 Å². The van der Waals surface area contributed by atoms with Crippen LogP contribution in [0.2, 0.25) is 0 Å². The molecule has 98 valence electrons. The number of carboxylic acids is 1. The van der Waals surface area contributed by atoms with Crippen molar-refractivity contribution in [2.75, 3.05) is 5.32 Å². The largest absolute Gasteiger partial charge is 0.476 e. The van der Waals surface area contributed by atoms with Crippen LogP contribution in [-0.4, -0.2) is 22.0 Å². The Morgan fingerprint density at radius 2 is 2.05 bits per heavy atom. The molecule has 2 N–H and O–H groups in total. The van der Waals surface area contributed by atoms with Crippen LogP contribution >= 0.6 is 11.3 Å². The zero-order chi connectivity index (χ0) is 14.0. The summed E-state index contributed by atoms with van der Waals surface area (Å²) in [6.07, 6.45) is 1.07. The van der Waals surface area contributed by atoms with Crippen LogP contribution in [0.25, 0.3) is 0 Å². The Morgan fingerprint density at radius 3 is 2.63 bits per heavy atom. The molecule has 1 amide bonds. The highest BCUT2D eigenvalue weighted by Crippen LogP contribution is 2.18. The SMILES string of the molecule is O=C(Nc1ccc(F)cc1F)c1cnc(C(=O)O)s1. The van der Waals surface area contributed by atoms with Gasteiger partial charge in [-0.2, -0.15) is 0 Å². The molecule has 1 heterocycles. The number of amides is 1. The lowest BCUT2D eigenvalue weighted by Gasteiger charge is -2.04. The highest BCUT2D eigenvalue weighted by Gasteiger charge is 2.16. The second-order valence-corrected chi connectivity index (χ2v) is 4.44. The van der Waals surface area contributed by atoms with Crippen LogP contribution < -0.4 is 5.32 Å². The first-order valence-electron chi connectivity index (χ1n) is 4.93. The van der Waals surface area contributed by atoms with E-state index in [-0.39, 0.29) is 15.6 Å². The van der Waals surface area contributed by atoms with Crippen molar-refractivity contribution in [3.05, 3.63) is 45.9 Å². The number of anilines is 1. The van der Waals surface area contributed by atoms with Gasteiger partial charge in [0.2, 0.25) is 5.01 Å². The molecule has 19 heavy (non-hydrogen) atoms. The summed E-state index contributed by atoms with van der Waals surface area (Å²) >= 11 is 0.658. The van der Waals surface area contributed by atoms with Crippen LogP contribution in [0.3, 0.4) is 0 Å². The molecular formula is C11H6F2N2O3S. The van der Waals surface area contributed by atoms with Gasteiger partial charge in [-0.1, -0.05) is 0 Å². The van der Waals surface area contributed by atoms with Gasteiger partial charge in [0.25, 0.3) is 5.91 Å². The summed E-state index contributed by atoms with van der Waals surface area (Å²) in [5, 5.41) is 10.6. The number of thiazole rings is 1. The van der Waals surface area contributed by atoms with Crippen molar-refractivity contribution in [1.29, 1.82) is 0 Å². The van der Waals surface area contributed by atoms with E-state index in [0.717, 1.165) is 18.3 Å². The highest BCUT2D eigenvalue weighted by molar-refractivity contribution is 7.15. The molecule has 0 radical (unpaired) electrons. The Labute approximate surface area is 109 Å². The van der Waals surface area contributed by atoms with Gasteiger partial charge in [-0.25, -0.2) is 18.6 Å². The quantitative estimate of drug-likeness (QED) is 0.906. The lowest BCUT2D eigenvalue weighted by Crippen LogP contribution is -2.11. The van der Waals surface area contributed by atoms with Gasteiger partial charge in [0, 0.05) is 6.07 Å². The third-order valence-corrected chi connectivity index (χ3v) is 3.08. The van der Waals surface area contributed by atoms with Crippen LogP contribution in [0, 0.1) is 11.6 Å². The van der Waals surface area contributed by atoms with Crippen molar-refractivity contribution < 1.29 is 23.5 Å². The second kappa shape index (κ2) is 5.11. The Morgan fingerprint density at radius 1 is 1.32 bits per heavy atom. The van der Waals surface area contributed by atoms with Crippen LogP contribution in [-0.2, 0) is 0 Å². The van der Waals surface area contributed by atoms with Crippen molar-refractivity contribution in [2.45, 2.75) is 0 Å². The Hall–Kier alpha value is -2.35. The summed E-state index contributed by atoms with van der Waals surface area (Å²) in [6, 6.07) is 2.70. The molecule has 0 spiro atoms. The number of rotatable bonds is 3. The van der Waals surface area contributed by atoms with Gasteiger partial charge >= 0.3 is 5.97 Å². The molecule has 1 aromatic carbocycles. The molecule has 0 atom stereocenters. The van der Waals surface area contributed by atoms with E-state index in [1.165, 1.54) is 0 Å². The Bertz CT molecular complexity index is 657. The van der Waals surface area contributed by atoms with E-state index in [2.05, 4.69) is 10.3 Å². The number of hydrogen-bond acceptors (Lipinski definition) is 4. The van der Waals surface area contributed by atoms with Gasteiger partial charge in [-0.05, 0) is 12.1 Å². The number of carbonyl (C=O) groups excluding carboxylic acids is 1. The first-order valence-corrected chi connectivity index (χ1v) is 5.74. The topological polar surface area (TPSA) is 79.3 Å². The fourth-order valence-electron chi connectivity index (χ4n) is 1.25. The van der Waals surface area contributed by atoms with Crippen molar-refractivity contribution in [3.8, 4) is 0 Å². The first-order chi connectivity index (χ1) is 8.97. The second-order valence-electron chi connectivity index (χ2n) is 3.41. The van der Waals surface area contributed by atoms with Crippen LogP contribution in [0.5, 0.6) is 0 Å². The smallest absolute Gasteiger partial charge is 0.365 e. The molecule has 0 aliphatic rings. The maximum absolute atomic E-state index is 13.3. The molecular weight excluding hydrogens is 278 g/mol. The molecule has 0 fully saturated rings. The lowest BCUT2D eigenvalue weighted by atomic mass is 10.3. The van der Waals surface area contributed by atoms with E-state index < -0.39 is 23.5 Å². The fourth-order valence-corrected chi connectivity index (χ4v) is 1.90. The molecule has 1 aromatic heterocycles. The fraction of sp³-hybridized carbons (Fsp3) is 0. The summed E-state index contributed by atoms with van der Waals surface area (Å²) in [6.45, 7) is 0. The van der Waals surface area contributed by atoms with Crippen molar-refractivity contribution in [3.63, 3.8) is 0 Å². The standard InChI is InChI=1S/C11H6F2N2O3S/c12-5-1-2-7(6(13)3-5)15-9(16)8-4-14-10(19-8)11(17)18/h1-4H,(H,15,16)(H,17,18). The normalized spacial score (nSPS) is 10.2. The predicted octanol–water partition coefficient (Wildman–Crippen LogP) is 2.37. The first kappa shape index (κ1) is 13.1. The van der Waals surface area contributed by atoms with E-state index in [4.69, 9.17) is 5.11 Å². The molecule has 0 saturated carbocycles. The lowest BCUT2D eigenvalue weighted by molar-refractivity contribution is 0.0696. The minimum absolute atomic E-state index is 0.0149. The average Bonchev–Trinajstić information content (AvgIpc) is 2.82. The maximum Gasteiger partial charge on any atom is 0.365 e. The highest BCUT2D eigenvalue weighted by atomic mass is 32.1.